The van der Waals surface area contributed by atoms with Crippen molar-refractivity contribution < 1.29 is 0 Å². The molecular weight excluding hydrogens is 176 g/mol. The minimum Gasteiger partial charge on any atom is -0.0744 e. The van der Waals surface area contributed by atoms with Gasteiger partial charge in [0.15, 0.2) is 0 Å². The normalized spacial score (nSPS) is 18.9. The van der Waals surface area contributed by atoms with E-state index in [1.807, 2.05) is 0 Å². The summed E-state index contributed by atoms with van der Waals surface area (Å²) in [6, 6.07) is 0. The molecular formula is C6H11BrMg. The maximum atomic E-state index is 3.45. The van der Waals surface area contributed by atoms with E-state index in [4.69, 9.17) is 0 Å². The molecule has 0 aromatic heterocycles. The number of allylic oxidation sites excluding steroid dienone is 2. The molecule has 0 spiro atoms. The predicted octanol–water partition coefficient (Wildman–Crippen LogP) is 1.92. The van der Waals surface area contributed by atoms with Crippen LogP contribution in [-0.2, 0) is 0 Å². The fourth-order valence-corrected chi connectivity index (χ4v) is 1.31. The van der Waals surface area contributed by atoms with Gasteiger partial charge in [0.25, 0.3) is 0 Å². The minimum atomic E-state index is 0. The standard InChI is InChI=1S/C6H9Br.Mg.2H/c7-6-4-2-1-3-5-6;;;/h4H,1-3,5H2;;;. The van der Waals surface area contributed by atoms with Crippen LogP contribution in [-0.4, -0.2) is 23.1 Å². The Morgan fingerprint density at radius 2 is 2.12 bits per heavy atom. The largest absolute Gasteiger partial charge is 0.316 e. The van der Waals surface area contributed by atoms with Gasteiger partial charge in [-0.1, -0.05) is 22.0 Å². The van der Waals surface area contributed by atoms with Crippen LogP contribution in [0.1, 0.15) is 25.7 Å². The summed E-state index contributed by atoms with van der Waals surface area (Å²) < 4.78 is 1.40. The zero-order valence-electron chi connectivity index (χ0n) is 4.28. The van der Waals surface area contributed by atoms with E-state index < -0.39 is 0 Å². The smallest absolute Gasteiger partial charge is 0.0744 e. The SMILES string of the molecule is BrC1=CCCCC1.[MgH2]. The number of hydrogen-bond acceptors (Lipinski definition) is 0. The maximum Gasteiger partial charge on any atom is 0.316 e. The van der Waals surface area contributed by atoms with Crippen molar-refractivity contribution in [3.8, 4) is 0 Å². The number of rotatable bonds is 0. The molecule has 0 aliphatic heterocycles. The Kier molecular flexibility index (Phi) is 5.42. The third kappa shape index (κ3) is 3.10. The summed E-state index contributed by atoms with van der Waals surface area (Å²) in [5.74, 6) is 0. The van der Waals surface area contributed by atoms with Crippen molar-refractivity contribution in [3.05, 3.63) is 10.6 Å². The Bertz CT molecular complexity index is 88.5. The van der Waals surface area contributed by atoms with Crippen LogP contribution >= 0.6 is 15.9 Å². The predicted molar refractivity (Wildman–Crippen MR) is 44.0 cm³/mol. The lowest BCUT2D eigenvalue weighted by atomic mass is 10.1. The summed E-state index contributed by atoms with van der Waals surface area (Å²) in [7, 11) is 0. The highest BCUT2D eigenvalue weighted by Crippen LogP contribution is 2.21. The quantitative estimate of drug-likeness (QED) is 0.508. The lowest BCUT2D eigenvalue weighted by Gasteiger charge is -2.03. The molecule has 0 nitrogen and oxygen atoms in total. The van der Waals surface area contributed by atoms with Gasteiger partial charge < -0.3 is 0 Å². The molecule has 44 valence electrons. The average Bonchev–Trinajstić information content (AvgIpc) is 1.69. The van der Waals surface area contributed by atoms with Crippen LogP contribution in [0.3, 0.4) is 0 Å². The summed E-state index contributed by atoms with van der Waals surface area (Å²) in [6.45, 7) is 0. The van der Waals surface area contributed by atoms with Crippen LogP contribution in [0.25, 0.3) is 0 Å². The number of hydrogen-bond donors (Lipinski definition) is 0. The van der Waals surface area contributed by atoms with Crippen molar-refractivity contribution in [2.45, 2.75) is 25.7 Å². The Hall–Kier alpha value is 0.986. The molecule has 2 heteroatoms. The number of halogens is 1. The molecule has 0 aromatic carbocycles. The fourth-order valence-electron chi connectivity index (χ4n) is 0.799. The first-order valence-corrected chi connectivity index (χ1v) is 3.53. The first-order chi connectivity index (χ1) is 3.39. The summed E-state index contributed by atoms with van der Waals surface area (Å²) >= 11 is 3.45. The van der Waals surface area contributed by atoms with Gasteiger partial charge in [0, 0.05) is 0 Å². The van der Waals surface area contributed by atoms with E-state index in [0.717, 1.165) is 0 Å². The summed E-state index contributed by atoms with van der Waals surface area (Å²) in [5.41, 5.74) is 0. The molecule has 0 N–H and O–H groups in total. The lowest BCUT2D eigenvalue weighted by molar-refractivity contribution is 0.725. The molecule has 8 heavy (non-hydrogen) atoms. The lowest BCUT2D eigenvalue weighted by Crippen LogP contribution is -1.82. The monoisotopic (exact) mass is 186 g/mol. The summed E-state index contributed by atoms with van der Waals surface area (Å²) in [6.07, 6.45) is 7.57. The molecule has 0 atom stereocenters. The second kappa shape index (κ2) is 4.83. The average molecular weight is 187 g/mol. The summed E-state index contributed by atoms with van der Waals surface area (Å²) in [4.78, 5) is 0. The van der Waals surface area contributed by atoms with E-state index in [-0.39, 0.29) is 23.1 Å². The molecule has 0 bridgehead atoms. The van der Waals surface area contributed by atoms with Crippen LogP contribution < -0.4 is 0 Å². The fraction of sp³-hybridized carbons (Fsp3) is 0.667. The van der Waals surface area contributed by atoms with E-state index in [1.165, 1.54) is 30.2 Å². The van der Waals surface area contributed by atoms with Crippen molar-refractivity contribution in [3.63, 3.8) is 0 Å². The molecule has 1 rings (SSSR count). The molecule has 0 aromatic rings. The van der Waals surface area contributed by atoms with Gasteiger partial charge in [0.1, 0.15) is 0 Å². The highest BCUT2D eigenvalue weighted by atomic mass is 79.9. The van der Waals surface area contributed by atoms with Crippen LogP contribution in [0.5, 0.6) is 0 Å². The van der Waals surface area contributed by atoms with Gasteiger partial charge in [-0.25, -0.2) is 0 Å². The second-order valence-corrected chi connectivity index (χ2v) is 2.92. The highest BCUT2D eigenvalue weighted by molar-refractivity contribution is 9.11. The van der Waals surface area contributed by atoms with Gasteiger partial charge in [-0.3, -0.25) is 0 Å². The van der Waals surface area contributed by atoms with E-state index >= 15 is 0 Å². The molecule has 0 unspecified atom stereocenters. The van der Waals surface area contributed by atoms with Crippen molar-refractivity contribution in [1.82, 2.24) is 0 Å². The molecule has 1 aliphatic carbocycles. The van der Waals surface area contributed by atoms with E-state index in [0.29, 0.717) is 0 Å². The van der Waals surface area contributed by atoms with Crippen molar-refractivity contribution in [2.24, 2.45) is 0 Å². The highest BCUT2D eigenvalue weighted by Gasteiger charge is 1.96. The molecule has 0 amide bonds. The van der Waals surface area contributed by atoms with Crippen molar-refractivity contribution >= 4 is 39.0 Å². The van der Waals surface area contributed by atoms with Gasteiger partial charge in [-0.05, 0) is 30.2 Å². The van der Waals surface area contributed by atoms with Gasteiger partial charge in [-0.2, -0.15) is 0 Å². The minimum absolute atomic E-state index is 0. The molecule has 0 heterocycles. The first kappa shape index (κ1) is 8.99. The van der Waals surface area contributed by atoms with E-state index in [1.54, 1.807) is 0 Å². The molecule has 0 saturated heterocycles. The van der Waals surface area contributed by atoms with E-state index in [2.05, 4.69) is 22.0 Å². The molecule has 0 radical (unpaired) electrons. The zero-order chi connectivity index (χ0) is 5.11. The zero-order valence-corrected chi connectivity index (χ0v) is 5.87. The van der Waals surface area contributed by atoms with Crippen LogP contribution in [0, 0.1) is 0 Å². The van der Waals surface area contributed by atoms with Crippen molar-refractivity contribution in [2.75, 3.05) is 0 Å². The topological polar surface area (TPSA) is 0 Å². The van der Waals surface area contributed by atoms with Crippen LogP contribution in [0.4, 0.5) is 0 Å². The van der Waals surface area contributed by atoms with Gasteiger partial charge in [-0.15, -0.1) is 0 Å². The maximum absolute atomic E-state index is 3.45. The Morgan fingerprint density at radius 1 is 1.38 bits per heavy atom. The second-order valence-electron chi connectivity index (χ2n) is 1.90. The van der Waals surface area contributed by atoms with E-state index in [9.17, 15) is 0 Å². The Morgan fingerprint density at radius 3 is 2.38 bits per heavy atom. The molecule has 1 aliphatic rings. The van der Waals surface area contributed by atoms with Gasteiger partial charge in [0.2, 0.25) is 0 Å². The molecule has 0 fully saturated rings. The molecule has 0 saturated carbocycles. The van der Waals surface area contributed by atoms with Crippen molar-refractivity contribution in [1.29, 1.82) is 0 Å². The van der Waals surface area contributed by atoms with Gasteiger partial charge >= 0.3 is 23.1 Å². The van der Waals surface area contributed by atoms with Crippen LogP contribution in [0.2, 0.25) is 0 Å². The Labute approximate surface area is 75.0 Å². The Balaban J connectivity index is 0.000000490. The van der Waals surface area contributed by atoms with Gasteiger partial charge in [0.05, 0.1) is 0 Å². The summed E-state index contributed by atoms with van der Waals surface area (Å²) in [5, 5.41) is 0. The van der Waals surface area contributed by atoms with Crippen LogP contribution in [0.15, 0.2) is 10.6 Å². The third-order valence-electron chi connectivity index (χ3n) is 1.24. The first-order valence-electron chi connectivity index (χ1n) is 2.74. The third-order valence-corrected chi connectivity index (χ3v) is 1.96.